The van der Waals surface area contributed by atoms with Gasteiger partial charge in [-0.25, -0.2) is 4.68 Å². The number of rotatable bonds is 4. The van der Waals surface area contributed by atoms with E-state index in [-0.39, 0.29) is 0 Å². The molecule has 2 aromatic heterocycles. The SMILES string of the molecule is C[C@H](c1ccc(-c2cnn(-c3nn[nH]n3)c2)cc1)N1CCCCC1. The van der Waals surface area contributed by atoms with Crippen LogP contribution in [0.5, 0.6) is 0 Å². The average molecular weight is 323 g/mol. The Labute approximate surface area is 140 Å². The lowest BCUT2D eigenvalue weighted by atomic mass is 10.0. The average Bonchev–Trinajstić information content (AvgIpc) is 3.33. The first-order valence-electron chi connectivity index (χ1n) is 8.44. The minimum Gasteiger partial charge on any atom is -0.297 e. The van der Waals surface area contributed by atoms with E-state index >= 15 is 0 Å². The first-order chi connectivity index (χ1) is 11.8. The third kappa shape index (κ3) is 2.94. The molecule has 1 aromatic carbocycles. The maximum absolute atomic E-state index is 4.29. The summed E-state index contributed by atoms with van der Waals surface area (Å²) in [5.41, 5.74) is 3.54. The second-order valence-electron chi connectivity index (χ2n) is 6.28. The Kier molecular flexibility index (Phi) is 4.08. The van der Waals surface area contributed by atoms with E-state index in [1.807, 2.05) is 12.4 Å². The van der Waals surface area contributed by atoms with Crippen LogP contribution >= 0.6 is 0 Å². The van der Waals surface area contributed by atoms with Gasteiger partial charge in [0.15, 0.2) is 0 Å². The van der Waals surface area contributed by atoms with Gasteiger partial charge < -0.3 is 0 Å². The monoisotopic (exact) mass is 323 g/mol. The number of likely N-dealkylation sites (tertiary alicyclic amines) is 1. The Bertz CT molecular complexity index is 770. The molecule has 0 saturated carbocycles. The molecular formula is C17H21N7. The summed E-state index contributed by atoms with van der Waals surface area (Å²) < 4.78 is 1.61. The number of H-pyrrole nitrogens is 1. The Morgan fingerprint density at radius 3 is 2.54 bits per heavy atom. The number of nitrogens with zero attached hydrogens (tertiary/aromatic N) is 6. The van der Waals surface area contributed by atoms with E-state index in [0.717, 1.165) is 11.1 Å². The van der Waals surface area contributed by atoms with Crippen LogP contribution in [-0.2, 0) is 0 Å². The molecule has 1 fully saturated rings. The largest absolute Gasteiger partial charge is 0.297 e. The molecule has 1 aliphatic rings. The number of aromatic nitrogens is 6. The van der Waals surface area contributed by atoms with E-state index in [4.69, 9.17) is 0 Å². The molecule has 1 saturated heterocycles. The highest BCUT2D eigenvalue weighted by atomic mass is 15.5. The highest BCUT2D eigenvalue weighted by molar-refractivity contribution is 5.62. The molecule has 3 aromatic rings. The maximum atomic E-state index is 4.29. The molecule has 124 valence electrons. The molecule has 0 amide bonds. The molecule has 1 atom stereocenters. The lowest BCUT2D eigenvalue weighted by Gasteiger charge is -2.32. The van der Waals surface area contributed by atoms with Crippen LogP contribution in [0.25, 0.3) is 17.1 Å². The Balaban J connectivity index is 1.51. The summed E-state index contributed by atoms with van der Waals surface area (Å²) in [7, 11) is 0. The van der Waals surface area contributed by atoms with Crippen LogP contribution < -0.4 is 0 Å². The van der Waals surface area contributed by atoms with Gasteiger partial charge in [0.1, 0.15) is 0 Å². The van der Waals surface area contributed by atoms with Gasteiger partial charge in [0, 0.05) is 17.8 Å². The summed E-state index contributed by atoms with van der Waals surface area (Å²) in [5.74, 6) is 0.441. The Morgan fingerprint density at radius 2 is 1.83 bits per heavy atom. The van der Waals surface area contributed by atoms with E-state index in [0.29, 0.717) is 12.0 Å². The summed E-state index contributed by atoms with van der Waals surface area (Å²) in [5, 5.41) is 18.1. The lowest BCUT2D eigenvalue weighted by molar-refractivity contribution is 0.175. The van der Waals surface area contributed by atoms with Crippen molar-refractivity contribution in [2.24, 2.45) is 0 Å². The molecule has 0 bridgehead atoms. The van der Waals surface area contributed by atoms with Crippen LogP contribution in [0, 0.1) is 0 Å². The fraction of sp³-hybridized carbons (Fsp3) is 0.412. The summed E-state index contributed by atoms with van der Waals surface area (Å²) >= 11 is 0. The molecule has 0 unspecified atom stereocenters. The molecule has 1 N–H and O–H groups in total. The second kappa shape index (κ2) is 6.52. The fourth-order valence-corrected chi connectivity index (χ4v) is 3.31. The van der Waals surface area contributed by atoms with Gasteiger partial charge in [-0.1, -0.05) is 35.8 Å². The maximum Gasteiger partial charge on any atom is 0.290 e. The van der Waals surface area contributed by atoms with Gasteiger partial charge in [0.05, 0.1) is 6.20 Å². The molecule has 4 rings (SSSR count). The van der Waals surface area contributed by atoms with Crippen molar-refractivity contribution in [1.29, 1.82) is 0 Å². The van der Waals surface area contributed by atoms with Crippen molar-refractivity contribution >= 4 is 0 Å². The Hall–Kier alpha value is -2.54. The fourth-order valence-electron chi connectivity index (χ4n) is 3.31. The normalized spacial score (nSPS) is 17.0. The van der Waals surface area contributed by atoms with E-state index in [1.54, 1.807) is 4.68 Å². The van der Waals surface area contributed by atoms with Gasteiger partial charge in [-0.3, -0.25) is 4.90 Å². The molecule has 24 heavy (non-hydrogen) atoms. The number of hydrogen-bond donors (Lipinski definition) is 1. The predicted octanol–water partition coefficient (Wildman–Crippen LogP) is 2.60. The summed E-state index contributed by atoms with van der Waals surface area (Å²) in [6, 6.07) is 9.24. The van der Waals surface area contributed by atoms with Gasteiger partial charge in [-0.15, -0.1) is 5.10 Å². The van der Waals surface area contributed by atoms with Crippen LogP contribution in [0.15, 0.2) is 36.7 Å². The van der Waals surface area contributed by atoms with Crippen LogP contribution in [0.3, 0.4) is 0 Å². The smallest absolute Gasteiger partial charge is 0.290 e. The Morgan fingerprint density at radius 1 is 1.04 bits per heavy atom. The standard InChI is InChI=1S/C17H21N7/c1-13(23-9-3-2-4-10-23)14-5-7-15(8-6-14)16-11-18-24(12-16)17-19-21-22-20-17/h5-8,11-13H,2-4,9-10H2,1H3,(H,19,20,21,22)/t13-/m1/s1. The van der Waals surface area contributed by atoms with Crippen molar-refractivity contribution < 1.29 is 0 Å². The molecule has 0 spiro atoms. The van der Waals surface area contributed by atoms with Crippen molar-refractivity contribution in [2.45, 2.75) is 32.2 Å². The zero-order chi connectivity index (χ0) is 16.4. The quantitative estimate of drug-likeness (QED) is 0.799. The minimum absolute atomic E-state index is 0.441. The zero-order valence-corrected chi connectivity index (χ0v) is 13.8. The van der Waals surface area contributed by atoms with Crippen LogP contribution in [-0.4, -0.2) is 48.4 Å². The lowest BCUT2D eigenvalue weighted by Crippen LogP contribution is -2.32. The highest BCUT2D eigenvalue weighted by Gasteiger charge is 2.18. The minimum atomic E-state index is 0.441. The van der Waals surface area contributed by atoms with Crippen LogP contribution in [0.4, 0.5) is 0 Å². The third-order valence-corrected chi connectivity index (χ3v) is 4.79. The first kappa shape index (κ1) is 15.0. The molecule has 7 heteroatoms. The van der Waals surface area contributed by atoms with E-state index < -0.39 is 0 Å². The van der Waals surface area contributed by atoms with E-state index in [1.165, 1.54) is 37.9 Å². The third-order valence-electron chi connectivity index (χ3n) is 4.79. The second-order valence-corrected chi connectivity index (χ2v) is 6.28. The predicted molar refractivity (Wildman–Crippen MR) is 90.6 cm³/mol. The number of tetrazole rings is 1. The van der Waals surface area contributed by atoms with E-state index in [9.17, 15) is 0 Å². The number of nitrogens with one attached hydrogen (secondary N) is 1. The summed E-state index contributed by atoms with van der Waals surface area (Å²) in [6.07, 6.45) is 7.73. The van der Waals surface area contributed by atoms with Crippen LogP contribution in [0.2, 0.25) is 0 Å². The molecule has 0 aliphatic carbocycles. The number of hydrogen-bond acceptors (Lipinski definition) is 5. The summed E-state index contributed by atoms with van der Waals surface area (Å²) in [4.78, 5) is 2.58. The van der Waals surface area contributed by atoms with Crippen molar-refractivity contribution in [2.75, 3.05) is 13.1 Å². The molecule has 7 nitrogen and oxygen atoms in total. The highest BCUT2D eigenvalue weighted by Crippen LogP contribution is 2.26. The van der Waals surface area contributed by atoms with Gasteiger partial charge in [-0.2, -0.15) is 10.3 Å². The van der Waals surface area contributed by atoms with Crippen molar-refractivity contribution in [3.8, 4) is 17.1 Å². The molecular weight excluding hydrogens is 302 g/mol. The zero-order valence-electron chi connectivity index (χ0n) is 13.8. The number of piperidine rings is 1. The molecule has 0 radical (unpaired) electrons. The molecule has 3 heterocycles. The topological polar surface area (TPSA) is 75.5 Å². The van der Waals surface area contributed by atoms with Gasteiger partial charge in [0.2, 0.25) is 0 Å². The van der Waals surface area contributed by atoms with Gasteiger partial charge in [-0.05, 0) is 49.2 Å². The molecule has 1 aliphatic heterocycles. The van der Waals surface area contributed by atoms with E-state index in [2.05, 4.69) is 61.8 Å². The number of aromatic amines is 1. The van der Waals surface area contributed by atoms with Crippen molar-refractivity contribution in [1.82, 2.24) is 35.3 Å². The van der Waals surface area contributed by atoms with Crippen LogP contribution in [0.1, 0.15) is 37.8 Å². The van der Waals surface area contributed by atoms with Crippen molar-refractivity contribution in [3.05, 3.63) is 42.2 Å². The van der Waals surface area contributed by atoms with Gasteiger partial charge in [0.25, 0.3) is 5.95 Å². The van der Waals surface area contributed by atoms with Crippen molar-refractivity contribution in [3.63, 3.8) is 0 Å². The first-order valence-corrected chi connectivity index (χ1v) is 8.44. The van der Waals surface area contributed by atoms with Gasteiger partial charge >= 0.3 is 0 Å². The number of benzene rings is 1. The summed E-state index contributed by atoms with van der Waals surface area (Å²) in [6.45, 7) is 4.72.